The molecule has 2 N–H and O–H groups in total. The number of unbranched alkanes of at least 4 members (excludes halogenated alkanes) is 2. The molecule has 0 aliphatic carbocycles. The third-order valence-electron chi connectivity index (χ3n) is 7.01. The minimum Gasteiger partial charge on any atom is -0.481 e. The zero-order chi connectivity index (χ0) is 22.1. The van der Waals surface area contributed by atoms with Crippen LogP contribution in [0.15, 0.2) is 12.7 Å². The molecular formula is C22H34N2O5S. The van der Waals surface area contributed by atoms with E-state index < -0.39 is 28.6 Å². The van der Waals surface area contributed by atoms with Gasteiger partial charge in [0.15, 0.2) is 0 Å². The predicted molar refractivity (Wildman–Crippen MR) is 116 cm³/mol. The summed E-state index contributed by atoms with van der Waals surface area (Å²) in [7, 11) is 0. The number of aliphatic carboxylic acids is 1. The standard InChI is InChI=1S/C22H34N2O5S/c1-4-6-7-10-23(9-5-2)20(27)18-22-14(3)13-15(30-22)16(21(28)29)17(22)19(26)24(18)11-8-12-25/h5,14-18,25H,2,4,6-13H2,1,3H3,(H,28,29)/t14?,15-,16+,17-,18?,22?/m0/s1. The molecule has 0 aromatic rings. The Balaban J connectivity index is 2.00. The molecule has 0 saturated carbocycles. The molecule has 2 amide bonds. The summed E-state index contributed by atoms with van der Waals surface area (Å²) < 4.78 is -0.707. The largest absolute Gasteiger partial charge is 0.481 e. The first kappa shape index (κ1) is 23.1. The Hall–Kier alpha value is -1.54. The van der Waals surface area contributed by atoms with Crippen molar-refractivity contribution in [2.75, 3.05) is 26.2 Å². The maximum Gasteiger partial charge on any atom is 0.308 e. The number of carbonyl (C=O) groups excluding carboxylic acids is 2. The SMILES string of the molecule is C=CCN(CCCCC)C(=O)C1N(CCCO)C(=O)[C@@H]2[C@H](C(=O)O)[C@@H]3CC(C)C12S3. The van der Waals surface area contributed by atoms with E-state index in [2.05, 4.69) is 20.4 Å². The van der Waals surface area contributed by atoms with Gasteiger partial charge in [-0.15, -0.1) is 18.3 Å². The van der Waals surface area contributed by atoms with Gasteiger partial charge >= 0.3 is 5.97 Å². The molecular weight excluding hydrogens is 404 g/mol. The quantitative estimate of drug-likeness (QED) is 0.378. The number of carbonyl (C=O) groups is 3. The van der Waals surface area contributed by atoms with E-state index in [1.165, 1.54) is 0 Å². The van der Waals surface area contributed by atoms with Crippen LogP contribution in [0, 0.1) is 17.8 Å². The number of fused-ring (bicyclic) bond motifs is 1. The number of aliphatic hydroxyl groups is 1. The lowest BCUT2D eigenvalue weighted by atomic mass is 9.66. The van der Waals surface area contributed by atoms with Crippen LogP contribution in [0.4, 0.5) is 0 Å². The summed E-state index contributed by atoms with van der Waals surface area (Å²) in [6, 6.07) is -0.683. The highest BCUT2D eigenvalue weighted by Gasteiger charge is 2.76. The van der Waals surface area contributed by atoms with Gasteiger partial charge in [0.25, 0.3) is 0 Å². The van der Waals surface area contributed by atoms with Crippen molar-refractivity contribution in [2.24, 2.45) is 17.8 Å². The Morgan fingerprint density at radius 3 is 2.70 bits per heavy atom. The van der Waals surface area contributed by atoms with Crippen LogP contribution < -0.4 is 0 Å². The smallest absolute Gasteiger partial charge is 0.308 e. The molecule has 0 radical (unpaired) electrons. The van der Waals surface area contributed by atoms with E-state index in [1.807, 2.05) is 0 Å². The molecule has 168 valence electrons. The second-order valence-electron chi connectivity index (χ2n) is 8.78. The Morgan fingerprint density at radius 1 is 1.37 bits per heavy atom. The number of aliphatic hydroxyl groups excluding tert-OH is 1. The molecule has 30 heavy (non-hydrogen) atoms. The summed E-state index contributed by atoms with van der Waals surface area (Å²) in [6.07, 6.45) is 5.72. The molecule has 3 heterocycles. The second-order valence-corrected chi connectivity index (χ2v) is 10.3. The molecule has 6 atom stereocenters. The lowest BCUT2D eigenvalue weighted by Gasteiger charge is -2.40. The summed E-state index contributed by atoms with van der Waals surface area (Å²) in [6.45, 7) is 9.15. The minimum atomic E-state index is -0.944. The fraction of sp³-hybridized carbons (Fsp3) is 0.773. The van der Waals surface area contributed by atoms with Crippen LogP contribution in [0.2, 0.25) is 0 Å². The van der Waals surface area contributed by atoms with Crippen LogP contribution in [-0.2, 0) is 14.4 Å². The summed E-state index contributed by atoms with van der Waals surface area (Å²) in [5.74, 6) is -2.63. The fourth-order valence-corrected chi connectivity index (χ4v) is 8.14. The summed E-state index contributed by atoms with van der Waals surface area (Å²) in [5, 5.41) is 19.1. The third-order valence-corrected chi connectivity index (χ3v) is 9.09. The molecule has 3 fully saturated rings. The van der Waals surface area contributed by atoms with Crippen molar-refractivity contribution >= 4 is 29.5 Å². The first-order chi connectivity index (χ1) is 14.3. The van der Waals surface area contributed by atoms with Gasteiger partial charge in [0.05, 0.1) is 16.6 Å². The van der Waals surface area contributed by atoms with Crippen molar-refractivity contribution in [3.8, 4) is 0 Å². The summed E-state index contributed by atoms with van der Waals surface area (Å²) >= 11 is 1.56. The molecule has 3 aliphatic rings. The highest BCUT2D eigenvalue weighted by atomic mass is 32.2. The van der Waals surface area contributed by atoms with Gasteiger partial charge in [-0.2, -0.15) is 0 Å². The number of thioether (sulfide) groups is 1. The maximum atomic E-state index is 13.9. The molecule has 3 saturated heterocycles. The number of carboxylic acids is 1. The van der Waals surface area contributed by atoms with Crippen LogP contribution in [0.1, 0.15) is 46.0 Å². The van der Waals surface area contributed by atoms with Gasteiger partial charge in [-0.1, -0.05) is 32.8 Å². The van der Waals surface area contributed by atoms with Gasteiger partial charge in [-0.25, -0.2) is 0 Å². The molecule has 7 nitrogen and oxygen atoms in total. The van der Waals surface area contributed by atoms with Crippen molar-refractivity contribution in [1.82, 2.24) is 9.80 Å². The predicted octanol–water partition coefficient (Wildman–Crippen LogP) is 2.00. The third kappa shape index (κ3) is 3.55. The number of rotatable bonds is 11. The Bertz CT molecular complexity index is 701. The van der Waals surface area contributed by atoms with Gasteiger partial charge in [0.2, 0.25) is 11.8 Å². The summed E-state index contributed by atoms with van der Waals surface area (Å²) in [4.78, 5) is 42.7. The Labute approximate surface area is 182 Å². The number of amides is 2. The average molecular weight is 439 g/mol. The van der Waals surface area contributed by atoms with E-state index in [-0.39, 0.29) is 36.1 Å². The van der Waals surface area contributed by atoms with Gasteiger partial charge in [0, 0.05) is 31.5 Å². The van der Waals surface area contributed by atoms with Crippen LogP contribution in [0.3, 0.4) is 0 Å². The van der Waals surface area contributed by atoms with E-state index in [0.29, 0.717) is 25.9 Å². The number of hydrogen-bond donors (Lipinski definition) is 2. The van der Waals surface area contributed by atoms with E-state index in [1.54, 1.807) is 27.6 Å². The molecule has 0 aromatic carbocycles. The van der Waals surface area contributed by atoms with Crippen molar-refractivity contribution in [1.29, 1.82) is 0 Å². The second kappa shape index (κ2) is 9.30. The number of nitrogens with zero attached hydrogens (tertiary/aromatic N) is 2. The molecule has 0 aromatic heterocycles. The number of hydrogen-bond acceptors (Lipinski definition) is 5. The van der Waals surface area contributed by atoms with Crippen molar-refractivity contribution < 1.29 is 24.6 Å². The number of carboxylic acid groups (broad SMARTS) is 1. The molecule has 8 heteroatoms. The zero-order valence-corrected chi connectivity index (χ0v) is 18.8. The lowest BCUT2D eigenvalue weighted by Crippen LogP contribution is -2.57. The molecule has 3 aliphatic heterocycles. The molecule has 3 unspecified atom stereocenters. The van der Waals surface area contributed by atoms with E-state index >= 15 is 0 Å². The summed E-state index contributed by atoms with van der Waals surface area (Å²) in [5.41, 5.74) is 0. The van der Waals surface area contributed by atoms with Crippen molar-refractivity contribution in [2.45, 2.75) is 62.0 Å². The van der Waals surface area contributed by atoms with E-state index in [9.17, 15) is 24.6 Å². The first-order valence-corrected chi connectivity index (χ1v) is 11.9. The minimum absolute atomic E-state index is 0.0753. The van der Waals surface area contributed by atoms with Crippen LogP contribution >= 0.6 is 11.8 Å². The monoisotopic (exact) mass is 438 g/mol. The van der Waals surface area contributed by atoms with Gasteiger partial charge < -0.3 is 20.0 Å². The Kier molecular flexibility index (Phi) is 7.17. The van der Waals surface area contributed by atoms with Gasteiger partial charge in [-0.05, 0) is 25.2 Å². The molecule has 2 bridgehead atoms. The van der Waals surface area contributed by atoms with Crippen LogP contribution in [-0.4, -0.2) is 80.1 Å². The van der Waals surface area contributed by atoms with Crippen molar-refractivity contribution in [3.63, 3.8) is 0 Å². The van der Waals surface area contributed by atoms with E-state index in [0.717, 1.165) is 19.3 Å². The van der Waals surface area contributed by atoms with Crippen molar-refractivity contribution in [3.05, 3.63) is 12.7 Å². The van der Waals surface area contributed by atoms with Crippen LogP contribution in [0.25, 0.3) is 0 Å². The fourth-order valence-electron chi connectivity index (χ4n) is 5.74. The highest BCUT2D eigenvalue weighted by molar-refractivity contribution is 8.02. The van der Waals surface area contributed by atoms with Gasteiger partial charge in [0.1, 0.15) is 6.04 Å². The van der Waals surface area contributed by atoms with Gasteiger partial charge in [-0.3, -0.25) is 14.4 Å². The Morgan fingerprint density at radius 2 is 2.10 bits per heavy atom. The topological polar surface area (TPSA) is 98.2 Å². The zero-order valence-electron chi connectivity index (χ0n) is 18.0. The van der Waals surface area contributed by atoms with Crippen LogP contribution in [0.5, 0.6) is 0 Å². The highest BCUT2D eigenvalue weighted by Crippen LogP contribution is 2.68. The normalized spacial score (nSPS) is 34.3. The molecule has 3 rings (SSSR count). The average Bonchev–Trinajstić information content (AvgIpc) is 3.29. The lowest BCUT2D eigenvalue weighted by molar-refractivity contribution is -0.149. The van der Waals surface area contributed by atoms with E-state index in [4.69, 9.17) is 0 Å². The first-order valence-electron chi connectivity index (χ1n) is 11.1. The maximum absolute atomic E-state index is 13.9. The number of likely N-dealkylation sites (tertiary alicyclic amines) is 1. The molecule has 1 spiro atoms.